The third kappa shape index (κ3) is 2.57. The van der Waals surface area contributed by atoms with Crippen LogP contribution in [0.15, 0.2) is 4.79 Å². The van der Waals surface area contributed by atoms with E-state index in [1.807, 2.05) is 0 Å². The molecule has 0 radical (unpaired) electrons. The van der Waals surface area contributed by atoms with Crippen LogP contribution in [0, 0.1) is 0 Å². The van der Waals surface area contributed by atoms with E-state index in [1.165, 1.54) is 4.68 Å². The van der Waals surface area contributed by atoms with E-state index in [0.29, 0.717) is 13.2 Å². The van der Waals surface area contributed by atoms with Gasteiger partial charge in [0.2, 0.25) is 0 Å². The fourth-order valence-electron chi connectivity index (χ4n) is 2.06. The molecule has 1 aliphatic heterocycles. The van der Waals surface area contributed by atoms with Crippen molar-refractivity contribution in [3.05, 3.63) is 16.3 Å². The van der Waals surface area contributed by atoms with Crippen LogP contribution in [0.2, 0.25) is 0 Å². The molecule has 1 aromatic rings. The first-order valence-electron chi connectivity index (χ1n) is 6.04. The Kier molecular flexibility index (Phi) is 3.61. The van der Waals surface area contributed by atoms with Crippen LogP contribution in [-0.2, 0) is 29.0 Å². The van der Waals surface area contributed by atoms with Crippen molar-refractivity contribution in [1.29, 1.82) is 0 Å². The Morgan fingerprint density at radius 1 is 1.41 bits per heavy atom. The van der Waals surface area contributed by atoms with Gasteiger partial charge in [-0.3, -0.25) is 9.36 Å². The molecule has 0 saturated heterocycles. The summed E-state index contributed by atoms with van der Waals surface area (Å²) >= 11 is 0. The Labute approximate surface area is 99.2 Å². The van der Waals surface area contributed by atoms with E-state index in [9.17, 15) is 9.59 Å². The lowest BCUT2D eigenvalue weighted by Gasteiger charge is -2.00. The Balaban J connectivity index is 2.19. The Morgan fingerprint density at radius 2 is 2.24 bits per heavy atom. The molecule has 1 aliphatic rings. The van der Waals surface area contributed by atoms with Crippen molar-refractivity contribution in [2.24, 2.45) is 0 Å². The number of carbonyl (C=O) groups is 1. The second kappa shape index (κ2) is 5.16. The molecular formula is C11H17N3O3. The summed E-state index contributed by atoms with van der Waals surface area (Å²) in [5.41, 5.74) is -0.199. The third-order valence-corrected chi connectivity index (χ3v) is 2.87. The van der Waals surface area contributed by atoms with Gasteiger partial charge in [-0.15, -0.1) is 0 Å². The highest BCUT2D eigenvalue weighted by Gasteiger charge is 2.17. The number of fused-ring (bicyclic) bond motifs is 1. The molecule has 94 valence electrons. The van der Waals surface area contributed by atoms with Crippen LogP contribution in [0.4, 0.5) is 0 Å². The van der Waals surface area contributed by atoms with Gasteiger partial charge in [0.05, 0.1) is 6.61 Å². The summed E-state index contributed by atoms with van der Waals surface area (Å²) in [6.45, 7) is 2.67. The summed E-state index contributed by atoms with van der Waals surface area (Å²) in [7, 11) is 0. The molecule has 0 atom stereocenters. The van der Waals surface area contributed by atoms with Gasteiger partial charge in [0, 0.05) is 13.0 Å². The van der Waals surface area contributed by atoms with Crippen LogP contribution in [0.5, 0.6) is 0 Å². The van der Waals surface area contributed by atoms with Crippen molar-refractivity contribution >= 4 is 5.97 Å². The molecule has 0 amide bonds. The lowest BCUT2D eigenvalue weighted by Crippen LogP contribution is -2.28. The van der Waals surface area contributed by atoms with E-state index in [2.05, 4.69) is 5.10 Å². The van der Waals surface area contributed by atoms with Crippen LogP contribution < -0.4 is 5.69 Å². The predicted octanol–water partition coefficient (Wildman–Crippen LogP) is 0.334. The highest BCUT2D eigenvalue weighted by Crippen LogP contribution is 2.10. The average Bonchev–Trinajstić information content (AvgIpc) is 2.51. The fourth-order valence-corrected chi connectivity index (χ4v) is 2.06. The van der Waals surface area contributed by atoms with Gasteiger partial charge < -0.3 is 4.74 Å². The van der Waals surface area contributed by atoms with Crippen LogP contribution in [0.3, 0.4) is 0 Å². The van der Waals surface area contributed by atoms with Crippen molar-refractivity contribution in [2.45, 2.75) is 45.7 Å². The lowest BCUT2D eigenvalue weighted by molar-refractivity contribution is -0.144. The molecule has 0 fully saturated rings. The van der Waals surface area contributed by atoms with E-state index in [4.69, 9.17) is 4.74 Å². The molecule has 0 unspecified atom stereocenters. The number of hydrogen-bond acceptors (Lipinski definition) is 4. The fraction of sp³-hybridized carbons (Fsp3) is 0.727. The highest BCUT2D eigenvalue weighted by atomic mass is 16.5. The molecule has 0 aliphatic carbocycles. The minimum absolute atomic E-state index is 0.0906. The largest absolute Gasteiger partial charge is 0.465 e. The number of esters is 1. The Hall–Kier alpha value is -1.59. The van der Waals surface area contributed by atoms with Gasteiger partial charge in [-0.05, 0) is 19.8 Å². The highest BCUT2D eigenvalue weighted by molar-refractivity contribution is 5.68. The first kappa shape index (κ1) is 11.9. The SMILES string of the molecule is CCOC(=O)Cn1nc2n(c1=O)CCCCC2. The van der Waals surface area contributed by atoms with Crippen LogP contribution in [-0.4, -0.2) is 26.9 Å². The first-order valence-corrected chi connectivity index (χ1v) is 6.04. The molecule has 2 rings (SSSR count). The van der Waals surface area contributed by atoms with Gasteiger partial charge in [-0.2, -0.15) is 5.10 Å². The van der Waals surface area contributed by atoms with Crippen molar-refractivity contribution in [2.75, 3.05) is 6.61 Å². The molecule has 0 spiro atoms. The van der Waals surface area contributed by atoms with Crippen molar-refractivity contribution < 1.29 is 9.53 Å². The second-order valence-electron chi connectivity index (χ2n) is 4.12. The normalized spacial score (nSPS) is 15.1. The van der Waals surface area contributed by atoms with E-state index in [0.717, 1.165) is 31.5 Å². The maximum Gasteiger partial charge on any atom is 0.346 e. The maximum atomic E-state index is 12.0. The summed E-state index contributed by atoms with van der Waals surface area (Å²) in [5, 5.41) is 4.20. The lowest BCUT2D eigenvalue weighted by atomic mass is 10.2. The van der Waals surface area contributed by atoms with Crippen molar-refractivity contribution in [1.82, 2.24) is 14.3 Å². The van der Waals surface area contributed by atoms with Gasteiger partial charge in [0.15, 0.2) is 0 Å². The molecular weight excluding hydrogens is 222 g/mol. The predicted molar refractivity (Wildman–Crippen MR) is 60.7 cm³/mol. The molecule has 2 heterocycles. The second-order valence-corrected chi connectivity index (χ2v) is 4.12. The number of rotatable bonds is 3. The van der Waals surface area contributed by atoms with Crippen LogP contribution in [0.1, 0.15) is 32.0 Å². The van der Waals surface area contributed by atoms with Gasteiger partial charge in [0.25, 0.3) is 0 Å². The Bertz CT molecular complexity index is 461. The summed E-state index contributed by atoms with van der Waals surface area (Å²) in [6.07, 6.45) is 3.99. The summed E-state index contributed by atoms with van der Waals surface area (Å²) in [5.74, 6) is 0.375. The third-order valence-electron chi connectivity index (χ3n) is 2.87. The molecule has 0 bridgehead atoms. The summed E-state index contributed by atoms with van der Waals surface area (Å²) < 4.78 is 7.69. The standard InChI is InChI=1S/C11H17N3O3/c1-2-17-10(15)8-14-11(16)13-7-5-3-4-6-9(13)12-14/h2-8H2,1H3. The zero-order chi connectivity index (χ0) is 12.3. The number of carbonyl (C=O) groups excluding carboxylic acids is 1. The molecule has 17 heavy (non-hydrogen) atoms. The van der Waals surface area contributed by atoms with E-state index >= 15 is 0 Å². The molecule has 6 heteroatoms. The number of ether oxygens (including phenoxy) is 1. The molecule has 1 aromatic heterocycles. The maximum absolute atomic E-state index is 12.0. The minimum Gasteiger partial charge on any atom is -0.465 e. The van der Waals surface area contributed by atoms with E-state index < -0.39 is 5.97 Å². The van der Waals surface area contributed by atoms with Crippen LogP contribution in [0.25, 0.3) is 0 Å². The van der Waals surface area contributed by atoms with Crippen LogP contribution >= 0.6 is 0 Å². The van der Waals surface area contributed by atoms with Crippen molar-refractivity contribution in [3.8, 4) is 0 Å². The monoisotopic (exact) mass is 239 g/mol. The number of aromatic nitrogens is 3. The zero-order valence-electron chi connectivity index (χ0n) is 10.0. The molecule has 0 N–H and O–H groups in total. The number of nitrogens with zero attached hydrogens (tertiary/aromatic N) is 3. The molecule has 6 nitrogen and oxygen atoms in total. The minimum atomic E-state index is -0.414. The number of aryl methyl sites for hydroxylation is 1. The quantitative estimate of drug-likeness (QED) is 0.713. The molecule has 0 saturated carbocycles. The molecule has 0 aromatic carbocycles. The topological polar surface area (TPSA) is 66.1 Å². The van der Waals surface area contributed by atoms with Crippen molar-refractivity contribution in [3.63, 3.8) is 0 Å². The van der Waals surface area contributed by atoms with Gasteiger partial charge >= 0.3 is 11.7 Å². The summed E-state index contributed by atoms with van der Waals surface area (Å²) in [6, 6.07) is 0. The van der Waals surface area contributed by atoms with Gasteiger partial charge in [-0.25, -0.2) is 9.48 Å². The summed E-state index contributed by atoms with van der Waals surface area (Å²) in [4.78, 5) is 23.3. The average molecular weight is 239 g/mol. The van der Waals surface area contributed by atoms with E-state index in [1.54, 1.807) is 11.5 Å². The first-order chi connectivity index (χ1) is 8.22. The smallest absolute Gasteiger partial charge is 0.346 e. The number of hydrogen-bond donors (Lipinski definition) is 0. The van der Waals surface area contributed by atoms with E-state index in [-0.39, 0.29) is 12.2 Å². The van der Waals surface area contributed by atoms with Gasteiger partial charge in [-0.1, -0.05) is 6.42 Å². The van der Waals surface area contributed by atoms with Gasteiger partial charge in [0.1, 0.15) is 12.4 Å². The zero-order valence-corrected chi connectivity index (χ0v) is 10.0. The Morgan fingerprint density at radius 3 is 3.00 bits per heavy atom.